The highest BCUT2D eigenvalue weighted by atomic mass is 16.5. The van der Waals surface area contributed by atoms with Crippen molar-refractivity contribution < 1.29 is 9.84 Å². The molecule has 2 fully saturated rings. The van der Waals surface area contributed by atoms with Gasteiger partial charge in [-0.2, -0.15) is 5.26 Å². The Hall–Kier alpha value is -1.57. The summed E-state index contributed by atoms with van der Waals surface area (Å²) < 4.78 is 5.22. The van der Waals surface area contributed by atoms with Gasteiger partial charge in [-0.05, 0) is 43.9 Å². The van der Waals surface area contributed by atoms with Gasteiger partial charge in [-0.15, -0.1) is 0 Å². The van der Waals surface area contributed by atoms with E-state index in [-0.39, 0.29) is 0 Å². The van der Waals surface area contributed by atoms with E-state index >= 15 is 0 Å². The van der Waals surface area contributed by atoms with Crippen LogP contribution >= 0.6 is 0 Å². The molecule has 2 bridgehead atoms. The van der Waals surface area contributed by atoms with Gasteiger partial charge >= 0.3 is 0 Å². The van der Waals surface area contributed by atoms with Crippen molar-refractivity contribution in [3.8, 4) is 11.8 Å². The molecule has 19 heavy (non-hydrogen) atoms. The highest BCUT2D eigenvalue weighted by molar-refractivity contribution is 5.46. The molecule has 1 aromatic carbocycles. The Bertz CT molecular complexity index is 523. The minimum atomic E-state index is -0.906. The molecular formula is C15H18N2O2. The Morgan fingerprint density at radius 1 is 1.37 bits per heavy atom. The van der Waals surface area contributed by atoms with E-state index in [1.54, 1.807) is 19.2 Å². The van der Waals surface area contributed by atoms with Gasteiger partial charge in [0.2, 0.25) is 0 Å². The lowest BCUT2D eigenvalue weighted by Gasteiger charge is -2.38. The number of nitriles is 1. The van der Waals surface area contributed by atoms with Crippen molar-refractivity contribution in [2.24, 2.45) is 0 Å². The van der Waals surface area contributed by atoms with Crippen molar-refractivity contribution in [2.75, 3.05) is 7.11 Å². The van der Waals surface area contributed by atoms with E-state index in [1.165, 1.54) is 0 Å². The minimum Gasteiger partial charge on any atom is -0.497 e. The maximum atomic E-state index is 11.0. The molecule has 2 saturated heterocycles. The average molecular weight is 258 g/mol. The first-order valence-corrected chi connectivity index (χ1v) is 6.72. The number of aliphatic hydroxyl groups is 1. The normalized spacial score (nSPS) is 32.9. The van der Waals surface area contributed by atoms with Crippen LogP contribution in [0.4, 0.5) is 0 Å². The summed E-state index contributed by atoms with van der Waals surface area (Å²) in [6, 6.07) is 8.21. The van der Waals surface area contributed by atoms with Crippen LogP contribution in [0.15, 0.2) is 18.2 Å². The van der Waals surface area contributed by atoms with E-state index in [9.17, 15) is 10.4 Å². The first-order chi connectivity index (χ1) is 9.14. The van der Waals surface area contributed by atoms with Gasteiger partial charge in [0.15, 0.2) is 0 Å². The molecule has 0 radical (unpaired) electrons. The van der Waals surface area contributed by atoms with E-state index in [0.29, 0.717) is 41.8 Å². The zero-order chi connectivity index (χ0) is 13.5. The van der Waals surface area contributed by atoms with Gasteiger partial charge in [0.25, 0.3) is 0 Å². The van der Waals surface area contributed by atoms with E-state index in [1.807, 2.05) is 6.07 Å². The molecule has 2 atom stereocenters. The third-order valence-corrected chi connectivity index (χ3v) is 4.35. The van der Waals surface area contributed by atoms with Crippen LogP contribution in [-0.4, -0.2) is 24.3 Å². The monoisotopic (exact) mass is 258 g/mol. The SMILES string of the molecule is COc1ccc(C#N)c(C2(O)CC3CCC(C2)N3)c1. The summed E-state index contributed by atoms with van der Waals surface area (Å²) in [5, 5.41) is 23.8. The van der Waals surface area contributed by atoms with Crippen molar-refractivity contribution in [1.82, 2.24) is 5.32 Å². The first-order valence-electron chi connectivity index (χ1n) is 6.72. The fourth-order valence-corrected chi connectivity index (χ4v) is 3.48. The largest absolute Gasteiger partial charge is 0.497 e. The maximum absolute atomic E-state index is 11.0. The molecular weight excluding hydrogens is 240 g/mol. The lowest BCUT2D eigenvalue weighted by atomic mass is 9.79. The highest BCUT2D eigenvalue weighted by Crippen LogP contribution is 2.42. The quantitative estimate of drug-likeness (QED) is 0.847. The molecule has 2 unspecified atom stereocenters. The van der Waals surface area contributed by atoms with Crippen LogP contribution < -0.4 is 10.1 Å². The number of fused-ring (bicyclic) bond motifs is 2. The number of hydrogen-bond donors (Lipinski definition) is 2. The molecule has 0 amide bonds. The highest BCUT2D eigenvalue weighted by Gasteiger charge is 2.44. The Morgan fingerprint density at radius 3 is 2.63 bits per heavy atom. The second kappa shape index (κ2) is 4.52. The van der Waals surface area contributed by atoms with E-state index in [4.69, 9.17) is 4.74 Å². The molecule has 0 spiro atoms. The van der Waals surface area contributed by atoms with Gasteiger partial charge in [0.1, 0.15) is 5.75 Å². The van der Waals surface area contributed by atoms with Gasteiger partial charge in [-0.25, -0.2) is 0 Å². The lowest BCUT2D eigenvalue weighted by Crippen LogP contribution is -2.47. The number of hydrogen-bond acceptors (Lipinski definition) is 4. The molecule has 0 aliphatic carbocycles. The van der Waals surface area contributed by atoms with Crippen molar-refractivity contribution >= 4 is 0 Å². The average Bonchev–Trinajstić information content (AvgIpc) is 2.77. The molecule has 3 rings (SSSR count). The molecule has 100 valence electrons. The second-order valence-corrected chi connectivity index (χ2v) is 5.60. The zero-order valence-corrected chi connectivity index (χ0v) is 11.0. The summed E-state index contributed by atoms with van der Waals surface area (Å²) >= 11 is 0. The fourth-order valence-electron chi connectivity index (χ4n) is 3.48. The summed E-state index contributed by atoms with van der Waals surface area (Å²) in [6.45, 7) is 0. The van der Waals surface area contributed by atoms with Crippen LogP contribution in [0.5, 0.6) is 5.75 Å². The number of rotatable bonds is 2. The maximum Gasteiger partial charge on any atom is 0.119 e. The van der Waals surface area contributed by atoms with Crippen molar-refractivity contribution in [1.29, 1.82) is 5.26 Å². The van der Waals surface area contributed by atoms with Gasteiger partial charge in [0, 0.05) is 17.6 Å². The first kappa shape index (κ1) is 12.5. The Morgan fingerprint density at radius 2 is 2.05 bits per heavy atom. The number of methoxy groups -OCH3 is 1. The van der Waals surface area contributed by atoms with Gasteiger partial charge in [0.05, 0.1) is 24.3 Å². The van der Waals surface area contributed by atoms with Crippen LogP contribution in [0.25, 0.3) is 0 Å². The lowest BCUT2D eigenvalue weighted by molar-refractivity contribution is -0.0118. The summed E-state index contributed by atoms with van der Waals surface area (Å²) in [6.07, 6.45) is 3.56. The standard InChI is InChI=1S/C15H18N2O2/c1-19-13-5-2-10(9-16)14(6-13)15(18)7-11-3-4-12(8-15)17-11/h2,5-6,11-12,17-18H,3-4,7-8H2,1H3. The van der Waals surface area contributed by atoms with Gasteiger partial charge in [-0.3, -0.25) is 0 Å². The van der Waals surface area contributed by atoms with Crippen molar-refractivity contribution in [2.45, 2.75) is 43.4 Å². The number of nitrogens with zero attached hydrogens (tertiary/aromatic N) is 1. The third-order valence-electron chi connectivity index (χ3n) is 4.35. The topological polar surface area (TPSA) is 65.3 Å². The summed E-state index contributed by atoms with van der Waals surface area (Å²) in [4.78, 5) is 0. The molecule has 1 aromatic rings. The van der Waals surface area contributed by atoms with Gasteiger partial charge in [-0.1, -0.05) is 0 Å². The van der Waals surface area contributed by atoms with Crippen molar-refractivity contribution in [3.05, 3.63) is 29.3 Å². The smallest absolute Gasteiger partial charge is 0.119 e. The molecule has 0 aromatic heterocycles. The van der Waals surface area contributed by atoms with Crippen LogP contribution in [0, 0.1) is 11.3 Å². The minimum absolute atomic E-state index is 0.362. The fraction of sp³-hybridized carbons (Fsp3) is 0.533. The number of nitrogens with one attached hydrogen (secondary N) is 1. The Kier molecular flexibility index (Phi) is 2.96. The molecule has 2 N–H and O–H groups in total. The summed E-state index contributed by atoms with van der Waals surface area (Å²) in [5.74, 6) is 0.688. The molecule has 0 saturated carbocycles. The Balaban J connectivity index is 2.03. The number of piperidine rings is 1. The zero-order valence-electron chi connectivity index (χ0n) is 11.0. The molecule has 4 heteroatoms. The molecule has 4 nitrogen and oxygen atoms in total. The number of ether oxygens (including phenoxy) is 1. The molecule has 2 aliphatic rings. The molecule has 2 aliphatic heterocycles. The predicted octanol–water partition coefficient (Wildman–Crippen LogP) is 1.67. The summed E-state index contributed by atoms with van der Waals surface area (Å²) in [7, 11) is 1.60. The van der Waals surface area contributed by atoms with Crippen LogP contribution in [0.2, 0.25) is 0 Å². The predicted molar refractivity (Wildman–Crippen MR) is 70.8 cm³/mol. The van der Waals surface area contributed by atoms with E-state index in [2.05, 4.69) is 11.4 Å². The third kappa shape index (κ3) is 2.09. The van der Waals surface area contributed by atoms with Crippen LogP contribution in [-0.2, 0) is 5.60 Å². The van der Waals surface area contributed by atoms with Crippen LogP contribution in [0.1, 0.15) is 36.8 Å². The summed E-state index contributed by atoms with van der Waals surface area (Å²) in [5.41, 5.74) is 0.355. The van der Waals surface area contributed by atoms with Crippen molar-refractivity contribution in [3.63, 3.8) is 0 Å². The van der Waals surface area contributed by atoms with E-state index < -0.39 is 5.60 Å². The van der Waals surface area contributed by atoms with Gasteiger partial charge < -0.3 is 15.2 Å². The second-order valence-electron chi connectivity index (χ2n) is 5.60. The van der Waals surface area contributed by atoms with E-state index in [0.717, 1.165) is 12.8 Å². The number of benzene rings is 1. The van der Waals surface area contributed by atoms with Crippen LogP contribution in [0.3, 0.4) is 0 Å². The molecule has 2 heterocycles. The Labute approximate surface area is 113 Å².